The fourth-order valence-corrected chi connectivity index (χ4v) is 2.03. The van der Waals surface area contributed by atoms with Crippen molar-refractivity contribution in [3.05, 3.63) is 23.0 Å². The molecule has 1 N–H and O–H groups in total. The Balaban J connectivity index is 2.38. The minimum absolute atomic E-state index is 0.00614. The summed E-state index contributed by atoms with van der Waals surface area (Å²) in [5, 5.41) is 3.73. The average molecular weight is 226 g/mol. The molecule has 3 nitrogen and oxygen atoms in total. The highest BCUT2D eigenvalue weighted by atomic mass is 35.5. The number of guanidine groups is 1. The van der Waals surface area contributed by atoms with Crippen molar-refractivity contribution in [2.45, 2.75) is 32.7 Å². The van der Waals surface area contributed by atoms with Gasteiger partial charge in [-0.05, 0) is 33.3 Å². The molecule has 2 aliphatic rings. The topological polar surface area (TPSA) is 27.6 Å². The molecule has 0 aliphatic carbocycles. The molecule has 2 heterocycles. The molecular weight excluding hydrogens is 210 g/mol. The summed E-state index contributed by atoms with van der Waals surface area (Å²) in [5.41, 5.74) is 1.12. The van der Waals surface area contributed by atoms with E-state index in [-0.39, 0.29) is 5.54 Å². The van der Waals surface area contributed by atoms with Crippen molar-refractivity contribution >= 4 is 17.6 Å². The van der Waals surface area contributed by atoms with Crippen LogP contribution in [0.25, 0.3) is 0 Å². The monoisotopic (exact) mass is 225 g/mol. The van der Waals surface area contributed by atoms with Crippen molar-refractivity contribution in [2.75, 3.05) is 6.54 Å². The molecule has 0 amide bonds. The van der Waals surface area contributed by atoms with E-state index in [0.717, 1.165) is 24.6 Å². The molecule has 0 radical (unpaired) electrons. The molecule has 0 unspecified atom stereocenters. The molecular formula is C11H16ClN3. The van der Waals surface area contributed by atoms with E-state index in [1.54, 1.807) is 0 Å². The van der Waals surface area contributed by atoms with Crippen LogP contribution in [0, 0.1) is 0 Å². The molecule has 0 saturated carbocycles. The lowest BCUT2D eigenvalue weighted by molar-refractivity contribution is 0.354. The molecule has 0 bridgehead atoms. The van der Waals surface area contributed by atoms with Crippen molar-refractivity contribution in [1.29, 1.82) is 0 Å². The minimum atomic E-state index is 0.00614. The van der Waals surface area contributed by atoms with Gasteiger partial charge in [0.05, 0.1) is 5.54 Å². The highest BCUT2D eigenvalue weighted by molar-refractivity contribution is 6.31. The van der Waals surface area contributed by atoms with Crippen LogP contribution in [0.2, 0.25) is 0 Å². The Morgan fingerprint density at radius 1 is 1.60 bits per heavy atom. The van der Waals surface area contributed by atoms with Gasteiger partial charge in [0.2, 0.25) is 5.96 Å². The maximum atomic E-state index is 6.00. The average Bonchev–Trinajstić information content (AvgIpc) is 2.14. The van der Waals surface area contributed by atoms with Crippen molar-refractivity contribution in [2.24, 2.45) is 4.99 Å². The molecule has 82 valence electrons. The fourth-order valence-electron chi connectivity index (χ4n) is 1.83. The van der Waals surface area contributed by atoms with Crippen LogP contribution in [0.4, 0.5) is 0 Å². The highest BCUT2D eigenvalue weighted by Crippen LogP contribution is 2.26. The van der Waals surface area contributed by atoms with Crippen LogP contribution in [0.5, 0.6) is 0 Å². The molecule has 0 saturated heterocycles. The van der Waals surface area contributed by atoms with Gasteiger partial charge in [0.25, 0.3) is 0 Å². The second-order valence-corrected chi connectivity index (χ2v) is 4.89. The third kappa shape index (κ3) is 2.02. The molecule has 2 aliphatic heterocycles. The third-order valence-corrected chi connectivity index (χ3v) is 2.93. The lowest BCUT2D eigenvalue weighted by atomic mass is 9.99. The normalized spacial score (nSPS) is 26.7. The van der Waals surface area contributed by atoms with Gasteiger partial charge in [0, 0.05) is 12.2 Å². The minimum Gasteiger partial charge on any atom is -0.316 e. The van der Waals surface area contributed by atoms with E-state index in [1.165, 1.54) is 0 Å². The van der Waals surface area contributed by atoms with Crippen LogP contribution in [0.1, 0.15) is 27.2 Å². The van der Waals surface area contributed by atoms with Crippen LogP contribution < -0.4 is 5.32 Å². The molecule has 0 atom stereocenters. The quantitative estimate of drug-likeness (QED) is 0.642. The summed E-state index contributed by atoms with van der Waals surface area (Å²) >= 11 is 6.00. The Morgan fingerprint density at radius 3 is 3.00 bits per heavy atom. The number of nitrogens with one attached hydrogen (secondary N) is 1. The Morgan fingerprint density at radius 2 is 2.33 bits per heavy atom. The van der Waals surface area contributed by atoms with E-state index in [1.807, 2.05) is 13.0 Å². The second kappa shape index (κ2) is 3.56. The van der Waals surface area contributed by atoms with Crippen LogP contribution >= 0.6 is 11.6 Å². The van der Waals surface area contributed by atoms with E-state index >= 15 is 0 Å². The van der Waals surface area contributed by atoms with Gasteiger partial charge >= 0.3 is 0 Å². The van der Waals surface area contributed by atoms with Gasteiger partial charge < -0.3 is 10.2 Å². The van der Waals surface area contributed by atoms with Gasteiger partial charge in [-0.15, -0.1) is 0 Å². The van der Waals surface area contributed by atoms with Crippen LogP contribution in [0.15, 0.2) is 28.0 Å². The van der Waals surface area contributed by atoms with Gasteiger partial charge in [0.1, 0.15) is 5.16 Å². The SMILES string of the molecule is C/C=C1/C=C(Cl)NC2=NC(C)(C)CCN21. The second-order valence-electron chi connectivity index (χ2n) is 4.48. The predicted octanol–water partition coefficient (Wildman–Crippen LogP) is 2.41. The standard InChI is InChI=1S/C11H16ClN3/c1-4-8-7-9(12)13-10-14-11(2,3)5-6-15(8)10/h4,7H,5-6H2,1-3H3,(H,13,14)/b8-4-. The van der Waals surface area contributed by atoms with Gasteiger partial charge in [-0.2, -0.15) is 0 Å². The fraction of sp³-hybridized carbons (Fsp3) is 0.545. The first kappa shape index (κ1) is 10.6. The first-order valence-electron chi connectivity index (χ1n) is 5.20. The molecule has 4 heteroatoms. The van der Waals surface area contributed by atoms with Crippen molar-refractivity contribution in [3.8, 4) is 0 Å². The lowest BCUT2D eigenvalue weighted by Gasteiger charge is -2.39. The van der Waals surface area contributed by atoms with Crippen molar-refractivity contribution in [3.63, 3.8) is 0 Å². The van der Waals surface area contributed by atoms with Crippen molar-refractivity contribution < 1.29 is 0 Å². The first-order chi connectivity index (χ1) is 7.02. The summed E-state index contributed by atoms with van der Waals surface area (Å²) in [6, 6.07) is 0. The third-order valence-electron chi connectivity index (χ3n) is 2.72. The molecule has 15 heavy (non-hydrogen) atoms. The molecule has 0 aromatic heterocycles. The maximum absolute atomic E-state index is 6.00. The van der Waals surface area contributed by atoms with Gasteiger partial charge in [-0.25, -0.2) is 4.99 Å². The number of hydrogen-bond donors (Lipinski definition) is 1. The number of hydrogen-bond acceptors (Lipinski definition) is 3. The van der Waals surface area contributed by atoms with E-state index in [4.69, 9.17) is 11.6 Å². The predicted molar refractivity (Wildman–Crippen MR) is 63.7 cm³/mol. The Kier molecular flexibility index (Phi) is 2.51. The van der Waals surface area contributed by atoms with E-state index < -0.39 is 0 Å². The van der Waals surface area contributed by atoms with E-state index in [0.29, 0.717) is 5.16 Å². The number of allylic oxidation sites excluding steroid dienone is 2. The highest BCUT2D eigenvalue weighted by Gasteiger charge is 2.30. The smallest absolute Gasteiger partial charge is 0.204 e. The van der Waals surface area contributed by atoms with E-state index in [2.05, 4.69) is 35.1 Å². The molecule has 0 spiro atoms. The zero-order valence-corrected chi connectivity index (χ0v) is 10.1. The van der Waals surface area contributed by atoms with Crippen molar-refractivity contribution in [1.82, 2.24) is 10.2 Å². The van der Waals surface area contributed by atoms with Crippen LogP contribution in [-0.2, 0) is 0 Å². The number of halogens is 1. The summed E-state index contributed by atoms with van der Waals surface area (Å²) in [6.45, 7) is 7.28. The summed E-state index contributed by atoms with van der Waals surface area (Å²) in [6.07, 6.45) is 5.04. The number of aliphatic imine (C=N–C) groups is 1. The molecule has 0 aromatic rings. The van der Waals surface area contributed by atoms with E-state index in [9.17, 15) is 0 Å². The Hall–Kier alpha value is -0.960. The number of rotatable bonds is 0. The zero-order chi connectivity index (χ0) is 11.1. The summed E-state index contributed by atoms with van der Waals surface area (Å²) in [7, 11) is 0. The Labute approximate surface area is 95.5 Å². The lowest BCUT2D eigenvalue weighted by Crippen LogP contribution is -2.49. The number of fused-ring (bicyclic) bond motifs is 1. The summed E-state index contributed by atoms with van der Waals surface area (Å²) < 4.78 is 0. The largest absolute Gasteiger partial charge is 0.316 e. The van der Waals surface area contributed by atoms with Gasteiger partial charge in [0.15, 0.2) is 0 Å². The molecule has 0 fully saturated rings. The van der Waals surface area contributed by atoms with Crippen LogP contribution in [0.3, 0.4) is 0 Å². The Bertz CT molecular complexity index is 366. The molecule has 2 rings (SSSR count). The molecule has 0 aromatic carbocycles. The van der Waals surface area contributed by atoms with Gasteiger partial charge in [-0.3, -0.25) is 0 Å². The maximum Gasteiger partial charge on any atom is 0.204 e. The van der Waals surface area contributed by atoms with Crippen LogP contribution in [-0.4, -0.2) is 22.9 Å². The number of nitrogens with zero attached hydrogens (tertiary/aromatic N) is 2. The first-order valence-corrected chi connectivity index (χ1v) is 5.57. The van der Waals surface area contributed by atoms with Gasteiger partial charge in [-0.1, -0.05) is 17.7 Å². The summed E-state index contributed by atoms with van der Waals surface area (Å²) in [5.74, 6) is 0.867. The zero-order valence-electron chi connectivity index (χ0n) is 9.34. The summed E-state index contributed by atoms with van der Waals surface area (Å²) in [4.78, 5) is 6.81.